The van der Waals surface area contributed by atoms with E-state index in [0.29, 0.717) is 24.0 Å². The first-order valence-corrected chi connectivity index (χ1v) is 8.03. The molecule has 21 heavy (non-hydrogen) atoms. The molecule has 2 heterocycles. The van der Waals surface area contributed by atoms with E-state index >= 15 is 0 Å². The summed E-state index contributed by atoms with van der Waals surface area (Å²) in [7, 11) is -3.63. The van der Waals surface area contributed by atoms with Crippen molar-refractivity contribution in [2.24, 2.45) is 0 Å². The highest BCUT2D eigenvalue weighted by Crippen LogP contribution is 2.14. The van der Waals surface area contributed by atoms with E-state index in [-0.39, 0.29) is 11.4 Å². The molecule has 0 amide bonds. The number of sulfonamides is 1. The van der Waals surface area contributed by atoms with Crippen molar-refractivity contribution in [3.8, 4) is 0 Å². The van der Waals surface area contributed by atoms with E-state index in [1.165, 1.54) is 18.3 Å². The summed E-state index contributed by atoms with van der Waals surface area (Å²) in [5.74, 6) is 1.54. The van der Waals surface area contributed by atoms with Gasteiger partial charge < -0.3 is 9.73 Å². The molecule has 0 saturated carbocycles. The number of nitrogens with one attached hydrogen (secondary N) is 2. The molecule has 7 nitrogen and oxygen atoms in total. The molecular formula is C13H18N4O3S. The van der Waals surface area contributed by atoms with Crippen LogP contribution in [0.25, 0.3) is 0 Å². The number of anilines is 1. The van der Waals surface area contributed by atoms with Crippen molar-refractivity contribution >= 4 is 15.8 Å². The molecule has 2 N–H and O–H groups in total. The van der Waals surface area contributed by atoms with Crippen molar-refractivity contribution in [3.05, 3.63) is 35.7 Å². The molecule has 2 rings (SSSR count). The quantitative estimate of drug-likeness (QED) is 0.841. The molecule has 2 aromatic rings. The monoisotopic (exact) mass is 310 g/mol. The Morgan fingerprint density at radius 1 is 1.33 bits per heavy atom. The fourth-order valence-corrected chi connectivity index (χ4v) is 2.70. The van der Waals surface area contributed by atoms with Crippen LogP contribution in [0.2, 0.25) is 0 Å². The summed E-state index contributed by atoms with van der Waals surface area (Å²) in [4.78, 5) is 8.32. The van der Waals surface area contributed by atoms with E-state index in [1.54, 1.807) is 6.92 Å². The average Bonchev–Trinajstić information content (AvgIpc) is 2.77. The number of pyridine rings is 1. The van der Waals surface area contributed by atoms with Crippen molar-refractivity contribution < 1.29 is 12.8 Å². The van der Waals surface area contributed by atoms with Gasteiger partial charge in [0, 0.05) is 18.8 Å². The maximum atomic E-state index is 12.2. The van der Waals surface area contributed by atoms with Crippen LogP contribution in [0.4, 0.5) is 5.82 Å². The summed E-state index contributed by atoms with van der Waals surface area (Å²) < 4.78 is 32.2. The van der Waals surface area contributed by atoms with E-state index in [4.69, 9.17) is 4.42 Å². The van der Waals surface area contributed by atoms with Crippen LogP contribution in [0.3, 0.4) is 0 Å². The molecule has 0 atom stereocenters. The van der Waals surface area contributed by atoms with Gasteiger partial charge in [-0.25, -0.2) is 23.1 Å². The number of rotatable bonds is 6. The number of hydrogen-bond acceptors (Lipinski definition) is 6. The second-order valence-electron chi connectivity index (χ2n) is 4.48. The molecule has 0 spiro atoms. The van der Waals surface area contributed by atoms with Crippen LogP contribution in [-0.2, 0) is 16.6 Å². The Morgan fingerprint density at radius 3 is 2.71 bits per heavy atom. The van der Waals surface area contributed by atoms with Gasteiger partial charge in [-0.15, -0.1) is 0 Å². The van der Waals surface area contributed by atoms with E-state index in [0.717, 1.165) is 5.69 Å². The van der Waals surface area contributed by atoms with E-state index in [1.807, 2.05) is 13.8 Å². The Balaban J connectivity index is 2.12. The predicted molar refractivity (Wildman–Crippen MR) is 78.4 cm³/mol. The molecule has 0 unspecified atom stereocenters. The van der Waals surface area contributed by atoms with Crippen LogP contribution < -0.4 is 10.0 Å². The van der Waals surface area contributed by atoms with Crippen LogP contribution in [0, 0.1) is 13.8 Å². The standard InChI is InChI=1S/C13H18N4O3S/c1-4-14-12-7-11(5-6-15-12)21(18,19)16-8-13-17-9(2)10(3)20-13/h5-7,16H,4,8H2,1-3H3,(H,14,15). The molecule has 0 fully saturated rings. The zero-order chi connectivity index (χ0) is 15.5. The van der Waals surface area contributed by atoms with E-state index in [2.05, 4.69) is 20.0 Å². The molecule has 114 valence electrons. The second kappa shape index (κ2) is 6.23. The van der Waals surface area contributed by atoms with Gasteiger partial charge in [-0.05, 0) is 26.8 Å². The predicted octanol–water partition coefficient (Wildman–Crippen LogP) is 1.60. The van der Waals surface area contributed by atoms with E-state index < -0.39 is 10.0 Å². The molecule has 0 saturated heterocycles. The van der Waals surface area contributed by atoms with Gasteiger partial charge in [0.15, 0.2) is 0 Å². The fourth-order valence-electron chi connectivity index (χ4n) is 1.71. The SMILES string of the molecule is CCNc1cc(S(=O)(=O)NCc2nc(C)c(C)o2)ccn1. The zero-order valence-electron chi connectivity index (χ0n) is 12.2. The molecule has 8 heteroatoms. The first-order valence-electron chi connectivity index (χ1n) is 6.55. The highest BCUT2D eigenvalue weighted by Gasteiger charge is 2.16. The summed E-state index contributed by atoms with van der Waals surface area (Å²) in [6, 6.07) is 2.92. The lowest BCUT2D eigenvalue weighted by Gasteiger charge is -2.07. The van der Waals surface area contributed by atoms with Crippen LogP contribution in [0.5, 0.6) is 0 Å². The normalized spacial score (nSPS) is 11.6. The van der Waals surface area contributed by atoms with Gasteiger partial charge in [0.1, 0.15) is 11.6 Å². The largest absolute Gasteiger partial charge is 0.444 e. The minimum atomic E-state index is -3.63. The fraction of sp³-hybridized carbons (Fsp3) is 0.385. The van der Waals surface area contributed by atoms with Crippen LogP contribution >= 0.6 is 0 Å². The van der Waals surface area contributed by atoms with Crippen molar-refractivity contribution in [3.63, 3.8) is 0 Å². The molecule has 2 aromatic heterocycles. The summed E-state index contributed by atoms with van der Waals surface area (Å²) in [5.41, 5.74) is 0.752. The highest BCUT2D eigenvalue weighted by atomic mass is 32.2. The molecule has 0 aliphatic heterocycles. The number of nitrogens with zero attached hydrogens (tertiary/aromatic N) is 2. The molecular weight excluding hydrogens is 292 g/mol. The number of oxazole rings is 1. The van der Waals surface area contributed by atoms with Gasteiger partial charge in [-0.3, -0.25) is 0 Å². The van der Waals surface area contributed by atoms with Crippen LogP contribution in [-0.4, -0.2) is 24.9 Å². The van der Waals surface area contributed by atoms with Crippen molar-refractivity contribution in [1.29, 1.82) is 0 Å². The van der Waals surface area contributed by atoms with Gasteiger partial charge in [0.05, 0.1) is 17.1 Å². The molecule has 0 aromatic carbocycles. The topological polar surface area (TPSA) is 97.1 Å². The summed E-state index contributed by atoms with van der Waals surface area (Å²) in [5, 5.41) is 2.97. The van der Waals surface area contributed by atoms with Crippen molar-refractivity contribution in [2.75, 3.05) is 11.9 Å². The third-order valence-electron chi connectivity index (χ3n) is 2.89. The molecule has 0 aliphatic carbocycles. The third-order valence-corrected chi connectivity index (χ3v) is 4.28. The second-order valence-corrected chi connectivity index (χ2v) is 6.25. The van der Waals surface area contributed by atoms with Crippen LogP contribution in [0.1, 0.15) is 24.3 Å². The van der Waals surface area contributed by atoms with Crippen molar-refractivity contribution in [1.82, 2.24) is 14.7 Å². The van der Waals surface area contributed by atoms with Gasteiger partial charge in [-0.2, -0.15) is 0 Å². The lowest BCUT2D eigenvalue weighted by Crippen LogP contribution is -2.23. The van der Waals surface area contributed by atoms with Gasteiger partial charge >= 0.3 is 0 Å². The Hall–Kier alpha value is -1.93. The van der Waals surface area contributed by atoms with E-state index in [9.17, 15) is 8.42 Å². The lowest BCUT2D eigenvalue weighted by molar-refractivity contribution is 0.463. The molecule has 0 bridgehead atoms. The highest BCUT2D eigenvalue weighted by molar-refractivity contribution is 7.89. The summed E-state index contributed by atoms with van der Waals surface area (Å²) in [6.07, 6.45) is 1.45. The maximum Gasteiger partial charge on any atom is 0.241 e. The Morgan fingerprint density at radius 2 is 2.10 bits per heavy atom. The lowest BCUT2D eigenvalue weighted by atomic mass is 10.4. The first kappa shape index (κ1) is 15.5. The Bertz CT molecular complexity index is 705. The van der Waals surface area contributed by atoms with Crippen LogP contribution in [0.15, 0.2) is 27.6 Å². The zero-order valence-corrected chi connectivity index (χ0v) is 13.0. The smallest absolute Gasteiger partial charge is 0.241 e. The van der Waals surface area contributed by atoms with Gasteiger partial charge in [0.2, 0.25) is 15.9 Å². The minimum absolute atomic E-state index is 0.00980. The number of aryl methyl sites for hydroxylation is 2. The third kappa shape index (κ3) is 3.79. The maximum absolute atomic E-state index is 12.2. The Labute approximate surface area is 123 Å². The summed E-state index contributed by atoms with van der Waals surface area (Å²) >= 11 is 0. The minimum Gasteiger partial charge on any atom is -0.444 e. The first-order chi connectivity index (χ1) is 9.92. The van der Waals surface area contributed by atoms with Gasteiger partial charge in [-0.1, -0.05) is 0 Å². The Kier molecular flexibility index (Phi) is 4.59. The van der Waals surface area contributed by atoms with Gasteiger partial charge in [0.25, 0.3) is 0 Å². The number of aromatic nitrogens is 2. The summed E-state index contributed by atoms with van der Waals surface area (Å²) in [6.45, 7) is 6.18. The molecule has 0 radical (unpaired) electrons. The average molecular weight is 310 g/mol. The number of hydrogen-bond donors (Lipinski definition) is 2. The van der Waals surface area contributed by atoms with Crippen molar-refractivity contribution in [2.45, 2.75) is 32.2 Å². The molecule has 0 aliphatic rings.